The third kappa shape index (κ3) is 7.77. The van der Waals surface area contributed by atoms with Crippen molar-refractivity contribution in [1.29, 1.82) is 0 Å². The van der Waals surface area contributed by atoms with Crippen LogP contribution in [0.1, 0.15) is 35.6 Å². The van der Waals surface area contributed by atoms with E-state index < -0.39 is 6.04 Å². The Morgan fingerprint density at radius 2 is 1.50 bits per heavy atom. The second kappa shape index (κ2) is 13.6. The smallest absolute Gasteiger partial charge is 0.243 e. The van der Waals surface area contributed by atoms with Crippen LogP contribution in [0.3, 0.4) is 0 Å². The van der Waals surface area contributed by atoms with Gasteiger partial charge in [0.25, 0.3) is 0 Å². The molecule has 5 heteroatoms. The normalized spacial score (nSPS) is 11.6. The molecule has 0 radical (unpaired) electrons. The van der Waals surface area contributed by atoms with Gasteiger partial charge in [-0.05, 0) is 35.6 Å². The van der Waals surface area contributed by atoms with Gasteiger partial charge in [0, 0.05) is 25.3 Å². The molecule has 0 aliphatic heterocycles. The largest absolute Gasteiger partial charge is 0.354 e. The number of hydrogen-bond acceptors (Lipinski definition) is 3. The number of hydrogen-bond donors (Lipinski definition) is 1. The van der Waals surface area contributed by atoms with Crippen LogP contribution in [0.15, 0.2) is 84.9 Å². The molecule has 0 saturated heterocycles. The zero-order valence-corrected chi connectivity index (χ0v) is 20.9. The monoisotopic (exact) mass is 474 g/mol. The molecule has 1 unspecified atom stereocenters. The number of amides is 2. The standard InChI is InChI=1S/C29H34N2O2S/c1-3-18-30-29(33)27(19-24-13-6-4-7-14-24)31(20-25-15-8-5-9-16-25)28(32)22-34-21-26-17-11-10-12-23(26)2/h4-17,27H,3,18-22H2,1-2H3,(H,30,33). The summed E-state index contributed by atoms with van der Waals surface area (Å²) in [6, 6.07) is 27.5. The minimum atomic E-state index is -0.569. The summed E-state index contributed by atoms with van der Waals surface area (Å²) in [5.41, 5.74) is 4.51. The summed E-state index contributed by atoms with van der Waals surface area (Å²) in [7, 11) is 0. The lowest BCUT2D eigenvalue weighted by atomic mass is 10.0. The van der Waals surface area contributed by atoms with E-state index in [1.54, 1.807) is 16.7 Å². The highest BCUT2D eigenvalue weighted by molar-refractivity contribution is 7.99. The average Bonchev–Trinajstić information content (AvgIpc) is 2.87. The van der Waals surface area contributed by atoms with Crippen LogP contribution in [0, 0.1) is 6.92 Å². The molecular formula is C29H34N2O2S. The zero-order chi connectivity index (χ0) is 24.2. The molecule has 0 spiro atoms. The summed E-state index contributed by atoms with van der Waals surface area (Å²) >= 11 is 1.60. The van der Waals surface area contributed by atoms with Crippen molar-refractivity contribution in [3.63, 3.8) is 0 Å². The average molecular weight is 475 g/mol. The van der Waals surface area contributed by atoms with Crippen LogP contribution in [-0.2, 0) is 28.3 Å². The maximum absolute atomic E-state index is 13.6. The van der Waals surface area contributed by atoms with Gasteiger partial charge in [-0.3, -0.25) is 9.59 Å². The van der Waals surface area contributed by atoms with Crippen LogP contribution >= 0.6 is 11.8 Å². The van der Waals surface area contributed by atoms with Gasteiger partial charge in [0.05, 0.1) is 5.75 Å². The van der Waals surface area contributed by atoms with Crippen molar-refractivity contribution in [3.8, 4) is 0 Å². The lowest BCUT2D eigenvalue weighted by Crippen LogP contribution is -2.51. The molecule has 0 saturated carbocycles. The number of benzene rings is 3. The molecule has 0 aromatic heterocycles. The van der Waals surface area contributed by atoms with E-state index >= 15 is 0 Å². The third-order valence-corrected chi connectivity index (χ3v) is 6.73. The van der Waals surface area contributed by atoms with E-state index in [4.69, 9.17) is 0 Å². The summed E-state index contributed by atoms with van der Waals surface area (Å²) < 4.78 is 0. The van der Waals surface area contributed by atoms with Gasteiger partial charge >= 0.3 is 0 Å². The summed E-state index contributed by atoms with van der Waals surface area (Å²) in [4.78, 5) is 28.6. The van der Waals surface area contributed by atoms with Crippen LogP contribution in [0.5, 0.6) is 0 Å². The van der Waals surface area contributed by atoms with Gasteiger partial charge in [0.1, 0.15) is 6.04 Å². The van der Waals surface area contributed by atoms with Crippen LogP contribution in [0.2, 0.25) is 0 Å². The third-order valence-electron chi connectivity index (χ3n) is 5.76. The highest BCUT2D eigenvalue weighted by Crippen LogP contribution is 2.20. The summed E-state index contributed by atoms with van der Waals surface area (Å²) in [5, 5.41) is 3.02. The highest BCUT2D eigenvalue weighted by atomic mass is 32.2. The van der Waals surface area contributed by atoms with E-state index in [2.05, 4.69) is 24.4 Å². The molecule has 3 aromatic carbocycles. The number of nitrogens with one attached hydrogen (secondary N) is 1. The van der Waals surface area contributed by atoms with Crippen molar-refractivity contribution in [2.75, 3.05) is 12.3 Å². The van der Waals surface area contributed by atoms with Gasteiger partial charge in [0.2, 0.25) is 11.8 Å². The van der Waals surface area contributed by atoms with Crippen LogP contribution < -0.4 is 5.32 Å². The molecule has 0 fully saturated rings. The second-order valence-corrected chi connectivity index (χ2v) is 9.41. The van der Waals surface area contributed by atoms with E-state index in [0.717, 1.165) is 23.3 Å². The van der Waals surface area contributed by atoms with Gasteiger partial charge in [-0.1, -0.05) is 91.9 Å². The van der Waals surface area contributed by atoms with Gasteiger partial charge in [-0.25, -0.2) is 0 Å². The van der Waals surface area contributed by atoms with Crippen molar-refractivity contribution < 1.29 is 9.59 Å². The molecule has 1 N–H and O–H groups in total. The Hall–Kier alpha value is -3.05. The number of rotatable bonds is 12. The van der Waals surface area contributed by atoms with Crippen molar-refractivity contribution in [2.24, 2.45) is 0 Å². The first-order chi connectivity index (χ1) is 16.6. The fraction of sp³-hybridized carbons (Fsp3) is 0.310. The van der Waals surface area contributed by atoms with Crippen LogP contribution in [-0.4, -0.2) is 35.1 Å². The highest BCUT2D eigenvalue weighted by Gasteiger charge is 2.30. The molecule has 2 amide bonds. The van der Waals surface area contributed by atoms with Crippen LogP contribution in [0.25, 0.3) is 0 Å². The Morgan fingerprint density at radius 1 is 0.882 bits per heavy atom. The number of carbonyl (C=O) groups is 2. The first kappa shape index (κ1) is 25.6. The molecule has 0 aliphatic rings. The molecular weight excluding hydrogens is 440 g/mol. The van der Waals surface area contributed by atoms with Crippen LogP contribution in [0.4, 0.5) is 0 Å². The predicted molar refractivity (Wildman–Crippen MR) is 142 cm³/mol. The molecule has 0 aliphatic carbocycles. The van der Waals surface area contributed by atoms with Gasteiger partial charge in [-0.15, -0.1) is 11.8 Å². The molecule has 34 heavy (non-hydrogen) atoms. The quantitative estimate of drug-likeness (QED) is 0.383. The minimum absolute atomic E-state index is 0.0185. The Bertz CT molecular complexity index is 1040. The zero-order valence-electron chi connectivity index (χ0n) is 20.1. The van der Waals surface area contributed by atoms with E-state index in [-0.39, 0.29) is 11.8 Å². The van der Waals surface area contributed by atoms with E-state index in [0.29, 0.717) is 25.3 Å². The van der Waals surface area contributed by atoms with Gasteiger partial charge in [0.15, 0.2) is 0 Å². The number of carbonyl (C=O) groups excluding carboxylic acids is 2. The fourth-order valence-corrected chi connectivity index (χ4v) is 4.79. The Labute approximate surface area is 207 Å². The maximum Gasteiger partial charge on any atom is 0.243 e. The lowest BCUT2D eigenvalue weighted by molar-refractivity contribution is -0.139. The number of thioether (sulfide) groups is 1. The molecule has 178 valence electrons. The Morgan fingerprint density at radius 3 is 2.15 bits per heavy atom. The summed E-state index contributed by atoms with van der Waals surface area (Å²) in [6.07, 6.45) is 1.33. The molecule has 0 bridgehead atoms. The molecule has 1 atom stereocenters. The van der Waals surface area contributed by atoms with Crippen molar-refractivity contribution >= 4 is 23.6 Å². The Kier molecular flexibility index (Phi) is 10.2. The van der Waals surface area contributed by atoms with Gasteiger partial charge in [-0.2, -0.15) is 0 Å². The van der Waals surface area contributed by atoms with Crippen molar-refractivity contribution in [2.45, 2.75) is 45.0 Å². The van der Waals surface area contributed by atoms with Crippen molar-refractivity contribution in [3.05, 3.63) is 107 Å². The molecule has 4 nitrogen and oxygen atoms in total. The SMILES string of the molecule is CCCNC(=O)C(Cc1ccccc1)N(Cc1ccccc1)C(=O)CSCc1ccccc1C. The topological polar surface area (TPSA) is 49.4 Å². The lowest BCUT2D eigenvalue weighted by Gasteiger charge is -2.31. The first-order valence-electron chi connectivity index (χ1n) is 11.9. The Balaban J connectivity index is 1.81. The molecule has 0 heterocycles. The second-order valence-electron chi connectivity index (χ2n) is 8.42. The fourth-order valence-electron chi connectivity index (χ4n) is 3.80. The molecule has 3 aromatic rings. The predicted octanol–water partition coefficient (Wildman–Crippen LogP) is 5.39. The number of nitrogens with zero attached hydrogens (tertiary/aromatic N) is 1. The van der Waals surface area contributed by atoms with Crippen molar-refractivity contribution in [1.82, 2.24) is 10.2 Å². The number of aryl methyl sites for hydroxylation is 1. The van der Waals surface area contributed by atoms with E-state index in [1.807, 2.05) is 79.7 Å². The maximum atomic E-state index is 13.6. The molecule has 3 rings (SSSR count). The summed E-state index contributed by atoms with van der Waals surface area (Å²) in [6.45, 7) is 5.12. The van der Waals surface area contributed by atoms with Gasteiger partial charge < -0.3 is 10.2 Å². The van der Waals surface area contributed by atoms with E-state index in [1.165, 1.54) is 11.1 Å². The summed E-state index contributed by atoms with van der Waals surface area (Å²) in [5.74, 6) is 0.977. The van der Waals surface area contributed by atoms with E-state index in [9.17, 15) is 9.59 Å². The first-order valence-corrected chi connectivity index (χ1v) is 13.0. The minimum Gasteiger partial charge on any atom is -0.354 e.